The van der Waals surface area contributed by atoms with E-state index >= 15 is 0 Å². The van der Waals surface area contributed by atoms with Crippen LogP contribution in [0.5, 0.6) is 0 Å². The Bertz CT molecular complexity index is 4320. The number of rotatable bonds is 35. The van der Waals surface area contributed by atoms with Gasteiger partial charge in [-0.15, -0.1) is 17.4 Å². The first kappa shape index (κ1) is 83.9. The Balaban J connectivity index is 0.000000268. The van der Waals surface area contributed by atoms with Crippen LogP contribution < -0.4 is 32.7 Å². The van der Waals surface area contributed by atoms with E-state index in [2.05, 4.69) is 120 Å². The summed E-state index contributed by atoms with van der Waals surface area (Å²) in [5.74, 6) is 2.42. The number of benzene rings is 6. The molecule has 0 saturated carbocycles. The van der Waals surface area contributed by atoms with Gasteiger partial charge in [0.2, 0.25) is 0 Å². The molecule has 25 nitrogen and oxygen atoms in total. The molecule has 4 amide bonds. The van der Waals surface area contributed by atoms with Gasteiger partial charge in [-0.25, -0.2) is 0 Å². The molecule has 9 N–H and O–H groups in total. The van der Waals surface area contributed by atoms with E-state index in [9.17, 15) is 19.2 Å². The molecule has 0 aliphatic carbocycles. The number of aliphatic imine (C=N–C) groups is 4. The summed E-state index contributed by atoms with van der Waals surface area (Å²) in [5.41, 5.74) is 38.1. The molecule has 0 radical (unpaired) electrons. The number of fused-ring (bicyclic) bond motifs is 4. The Kier molecular flexibility index (Phi) is 34.4. The highest BCUT2D eigenvalue weighted by Gasteiger charge is 2.24. The molecule has 0 saturated heterocycles. The van der Waals surface area contributed by atoms with E-state index in [4.69, 9.17) is 48.5 Å². The van der Waals surface area contributed by atoms with Gasteiger partial charge in [0.05, 0.1) is 51.3 Å². The maximum atomic E-state index is 13.0. The minimum absolute atomic E-state index is 0. The van der Waals surface area contributed by atoms with E-state index in [1.54, 1.807) is 0 Å². The number of terminal acetylenes is 1. The van der Waals surface area contributed by atoms with Crippen LogP contribution in [0.15, 0.2) is 153 Å². The summed E-state index contributed by atoms with van der Waals surface area (Å²) in [6, 6.07) is 39.7. The fourth-order valence-corrected chi connectivity index (χ4v) is 12.2. The van der Waals surface area contributed by atoms with Crippen LogP contribution in [0, 0.1) is 12.3 Å². The van der Waals surface area contributed by atoms with Gasteiger partial charge >= 0.3 is 0 Å². The van der Waals surface area contributed by atoms with Crippen molar-refractivity contribution in [3.63, 3.8) is 0 Å². The molecule has 0 fully saturated rings. The predicted octanol–water partition coefficient (Wildman–Crippen LogP) is 9.64. The number of carbonyl (C=O) groups is 4. The van der Waals surface area contributed by atoms with Crippen LogP contribution in [-0.2, 0) is 38.6 Å². The number of nitrogens with zero attached hydrogens (tertiary/aromatic N) is 14. The highest BCUT2D eigenvalue weighted by molar-refractivity contribution is 6.12. The number of hydrogen-bond donors (Lipinski definition) is 7. The van der Waals surface area contributed by atoms with E-state index in [1.165, 1.54) is 0 Å². The Morgan fingerprint density at radius 3 is 1.18 bits per heavy atom. The van der Waals surface area contributed by atoms with E-state index in [-0.39, 0.29) is 31.1 Å². The van der Waals surface area contributed by atoms with Crippen LogP contribution >= 0.6 is 0 Å². The molecule has 0 spiro atoms. The van der Waals surface area contributed by atoms with E-state index in [1.807, 2.05) is 122 Å². The topological polar surface area (TPSA) is 331 Å². The number of aryl methyl sites for hydroxylation is 2. The summed E-state index contributed by atoms with van der Waals surface area (Å²) in [4.78, 5) is 81.6. The first-order chi connectivity index (χ1) is 51.5. The molecule has 4 aliphatic rings. The highest BCUT2D eigenvalue weighted by atomic mass is 16.2. The third kappa shape index (κ3) is 26.0. The van der Waals surface area contributed by atoms with Crippen LogP contribution in [0.1, 0.15) is 144 Å². The van der Waals surface area contributed by atoms with Crippen LogP contribution in [0.3, 0.4) is 0 Å². The second kappa shape index (κ2) is 43.9. The summed E-state index contributed by atoms with van der Waals surface area (Å²) in [6.07, 6.45) is 17.7. The van der Waals surface area contributed by atoms with Gasteiger partial charge in [0.15, 0.2) is 0 Å². The van der Waals surface area contributed by atoms with E-state index < -0.39 is 0 Å². The molecule has 5 heterocycles. The van der Waals surface area contributed by atoms with Crippen molar-refractivity contribution in [1.29, 1.82) is 0 Å². The van der Waals surface area contributed by atoms with Gasteiger partial charge in [-0.1, -0.05) is 66.3 Å². The lowest BCUT2D eigenvalue weighted by atomic mass is 9.98. The number of aromatic nitrogens is 3. The molecule has 1 aromatic heterocycles. The van der Waals surface area contributed by atoms with Gasteiger partial charge in [0.1, 0.15) is 0 Å². The number of hydrogen-bond acceptors (Lipinski definition) is 18. The first-order valence-electron chi connectivity index (χ1n) is 36.5. The van der Waals surface area contributed by atoms with Crippen molar-refractivity contribution < 1.29 is 24.3 Å². The Hall–Kier alpha value is -10.4. The van der Waals surface area contributed by atoms with Crippen molar-refractivity contribution in [2.24, 2.45) is 36.6 Å². The number of carbonyl (C=O) groups excluding carboxylic acids is 4. The molecule has 0 bridgehead atoms. The largest absolute Gasteiger partial charge is 0.400 e. The molecule has 6 aromatic carbocycles. The molecule has 11 rings (SSSR count). The Morgan fingerprint density at radius 2 is 0.850 bits per heavy atom. The quantitative estimate of drug-likeness (QED) is 0.00640. The molecule has 107 heavy (non-hydrogen) atoms. The fraction of sp³-hybridized carbons (Fsp3) is 0.415. The number of amides is 4. The van der Waals surface area contributed by atoms with Gasteiger partial charge in [-0.05, 0) is 236 Å². The molecular formula is C82H108N20O5. The average Bonchev–Trinajstić information content (AvgIpc) is 1.67. The van der Waals surface area contributed by atoms with Crippen LogP contribution in [0.4, 0.5) is 22.7 Å². The standard InChI is InChI=1S/C40H50N10O2.C37H42N6O2.C3H8N4.CH4O.CH4/c1-48(2)21-17-42-39(51)30-12-14-35-32(23-30)25-37(44-35)28-8-10-29(11-9-28)38-26-33-24-31(13-15-36(33)45-38)40(52)43-18-22-49(3)19-5-4-7-34-27-50(47-46-34)20-6-16-41;1-5-6-7-8-19-43(4)21-18-39-37(45)29-14-16-33-31(23-29)25-35(41-33)27-11-9-26(10-12-27)34-24-30-22-28(13-15-32(30)40-34)36(44)38-17-20-42(2)3;4-2-1-3-6-7-5;1-2;/h8-15,23-24,27H,4-7,16-22,25-26,41H2,1-3H3,(H,42,51)(H,43,52);1,9-16,22-23H,6-8,17-21,24-25H2,2-4H3,(H,38,44)(H,39,45);1-4H2;2H,1H3;1H4. The second-order valence-electron chi connectivity index (χ2n) is 27.0. The lowest BCUT2D eigenvalue weighted by Gasteiger charge is -2.16. The SMILES string of the molecule is C.C#CCCCCN(C)CCNC(=O)c1ccc2c(c1)CC(c1ccc(C3=Nc4ccc(C(=O)NCCN(C)C)cc4C3)cc1)=N2.CN(C)CCNC(=O)c1ccc2c(c1)CC(c1ccc(C3=Nc4ccc(C(=O)NCCN(C)CCCCc5cn(CCCN)nn5)cc4C3)cc1)=N2.CO.[N-]=[N+]=NCCCN. The van der Waals surface area contributed by atoms with Crippen molar-refractivity contribution in [2.45, 2.75) is 91.0 Å². The number of likely N-dealkylation sites (N-methyl/N-ethyl adjacent to an activating group) is 4. The summed E-state index contributed by atoms with van der Waals surface area (Å²) < 4.78 is 1.87. The molecule has 0 atom stereocenters. The van der Waals surface area contributed by atoms with Crippen LogP contribution in [-0.4, -0.2) is 221 Å². The normalized spacial score (nSPS) is 12.6. The smallest absolute Gasteiger partial charge is 0.251 e. The van der Waals surface area contributed by atoms with Crippen molar-refractivity contribution >= 4 is 69.2 Å². The van der Waals surface area contributed by atoms with E-state index in [0.29, 0.717) is 93.8 Å². The zero-order valence-electron chi connectivity index (χ0n) is 62.6. The molecule has 25 heteroatoms. The number of azide groups is 1. The van der Waals surface area contributed by atoms with Gasteiger partial charge < -0.3 is 57.4 Å². The van der Waals surface area contributed by atoms with Crippen LogP contribution in [0.2, 0.25) is 0 Å². The molecule has 7 aromatic rings. The minimum Gasteiger partial charge on any atom is -0.400 e. The number of nitrogens with two attached hydrogens (primary N) is 2. The maximum Gasteiger partial charge on any atom is 0.251 e. The maximum absolute atomic E-state index is 13.0. The third-order valence-electron chi connectivity index (χ3n) is 18.2. The third-order valence-corrected chi connectivity index (χ3v) is 18.2. The summed E-state index contributed by atoms with van der Waals surface area (Å²) in [5, 5.41) is 30.8. The Labute approximate surface area is 631 Å². The lowest BCUT2D eigenvalue weighted by molar-refractivity contribution is 0.0941. The van der Waals surface area contributed by atoms with Crippen molar-refractivity contribution in [2.75, 3.05) is 134 Å². The lowest BCUT2D eigenvalue weighted by Crippen LogP contribution is -2.33. The molecule has 0 unspecified atom stereocenters. The Morgan fingerprint density at radius 1 is 0.505 bits per heavy atom. The fourth-order valence-electron chi connectivity index (χ4n) is 12.2. The average molecular weight is 1450 g/mol. The number of nitrogens with one attached hydrogen (secondary N) is 4. The number of aliphatic hydroxyl groups excluding tert-OH is 1. The zero-order valence-corrected chi connectivity index (χ0v) is 62.6. The van der Waals surface area contributed by atoms with Gasteiger partial charge in [-0.2, -0.15) is 0 Å². The van der Waals surface area contributed by atoms with E-state index in [0.717, 1.165) is 200 Å². The van der Waals surface area contributed by atoms with Gasteiger partial charge in [-0.3, -0.25) is 43.8 Å². The second-order valence-corrected chi connectivity index (χ2v) is 27.0. The molecular weight excluding hydrogens is 1350 g/mol. The van der Waals surface area contributed by atoms with Crippen LogP contribution in [0.25, 0.3) is 10.4 Å². The van der Waals surface area contributed by atoms with Gasteiger partial charge in [0, 0.05) is 138 Å². The van der Waals surface area contributed by atoms with Crippen molar-refractivity contribution in [3.05, 3.63) is 210 Å². The summed E-state index contributed by atoms with van der Waals surface area (Å²) in [7, 11) is 13.1. The van der Waals surface area contributed by atoms with Crippen molar-refractivity contribution in [1.82, 2.24) is 55.9 Å². The zero-order chi connectivity index (χ0) is 75.7. The number of aliphatic hydroxyl groups is 1. The predicted molar refractivity (Wildman–Crippen MR) is 432 cm³/mol. The van der Waals surface area contributed by atoms with Crippen molar-refractivity contribution in [3.8, 4) is 12.3 Å². The number of unbranched alkanes of at least 4 members (excludes halogenated alkanes) is 3. The highest BCUT2D eigenvalue weighted by Crippen LogP contribution is 2.35. The first-order valence-corrected chi connectivity index (χ1v) is 36.5. The monoisotopic (exact) mass is 1450 g/mol. The summed E-state index contributed by atoms with van der Waals surface area (Å²) >= 11 is 0. The molecule has 566 valence electrons. The molecule has 4 aliphatic heterocycles. The minimum atomic E-state index is -0.0675. The van der Waals surface area contributed by atoms with Gasteiger partial charge in [0.25, 0.3) is 23.6 Å². The summed E-state index contributed by atoms with van der Waals surface area (Å²) in [6.45, 7) is 10.1.